The molecule has 0 bridgehead atoms. The van der Waals surface area contributed by atoms with E-state index >= 15 is 0 Å². The van der Waals surface area contributed by atoms with E-state index in [9.17, 15) is 4.79 Å². The first-order valence-electron chi connectivity index (χ1n) is 6.26. The molecule has 1 heterocycles. The quantitative estimate of drug-likeness (QED) is 0.836. The smallest absolute Gasteiger partial charge is 0.336 e. The fourth-order valence-electron chi connectivity index (χ4n) is 1.66. The number of methoxy groups -OCH3 is 2. The maximum atomic E-state index is 12.1. The summed E-state index contributed by atoms with van der Waals surface area (Å²) in [4.78, 5) is 16.0. The van der Waals surface area contributed by atoms with Gasteiger partial charge in [0.25, 0.3) is 5.91 Å². The molecule has 8 heteroatoms. The second-order valence-electron chi connectivity index (χ2n) is 3.92. The van der Waals surface area contributed by atoms with Crippen LogP contribution in [0.2, 0.25) is 0 Å². The molecule has 2 N–H and O–H groups in total. The highest BCUT2D eigenvalue weighted by Gasteiger charge is 2.13. The van der Waals surface area contributed by atoms with E-state index in [4.69, 9.17) is 14.2 Å². The average molecular weight is 292 g/mol. The summed E-state index contributed by atoms with van der Waals surface area (Å²) in [6.07, 6.45) is 0. The summed E-state index contributed by atoms with van der Waals surface area (Å²) in [5.74, 6) is 0.917. The SMILES string of the molecule is CCOc1cc(C(=O)Nc2nc(OC)n[nH]2)ccc1OC. The van der Waals surface area contributed by atoms with Crippen LogP contribution in [0.15, 0.2) is 18.2 Å². The minimum atomic E-state index is -0.350. The Balaban J connectivity index is 2.16. The van der Waals surface area contributed by atoms with Gasteiger partial charge >= 0.3 is 6.01 Å². The van der Waals surface area contributed by atoms with Gasteiger partial charge in [0.15, 0.2) is 11.5 Å². The molecule has 1 aromatic carbocycles. The number of nitrogens with zero attached hydrogens (tertiary/aromatic N) is 2. The number of H-pyrrole nitrogens is 1. The van der Waals surface area contributed by atoms with Crippen LogP contribution in [0.5, 0.6) is 17.5 Å². The first-order chi connectivity index (χ1) is 10.2. The maximum absolute atomic E-state index is 12.1. The van der Waals surface area contributed by atoms with Gasteiger partial charge in [-0.25, -0.2) is 5.10 Å². The number of amides is 1. The zero-order valence-corrected chi connectivity index (χ0v) is 12.0. The lowest BCUT2D eigenvalue weighted by molar-refractivity contribution is 0.102. The summed E-state index contributed by atoms with van der Waals surface area (Å²) in [5, 5.41) is 8.86. The molecular formula is C13H16N4O4. The van der Waals surface area contributed by atoms with E-state index in [2.05, 4.69) is 20.5 Å². The second-order valence-corrected chi connectivity index (χ2v) is 3.92. The van der Waals surface area contributed by atoms with Crippen molar-refractivity contribution in [3.05, 3.63) is 23.8 Å². The molecule has 0 spiro atoms. The Morgan fingerprint density at radius 2 is 2.10 bits per heavy atom. The van der Waals surface area contributed by atoms with Gasteiger partial charge in [0.2, 0.25) is 5.95 Å². The number of carbonyl (C=O) groups excluding carboxylic acids is 1. The van der Waals surface area contributed by atoms with Gasteiger partial charge in [-0.1, -0.05) is 0 Å². The lowest BCUT2D eigenvalue weighted by atomic mass is 10.2. The monoisotopic (exact) mass is 292 g/mol. The van der Waals surface area contributed by atoms with E-state index in [-0.39, 0.29) is 17.9 Å². The van der Waals surface area contributed by atoms with Crippen LogP contribution in [0.4, 0.5) is 5.95 Å². The van der Waals surface area contributed by atoms with Crippen molar-refractivity contribution in [2.75, 3.05) is 26.1 Å². The highest BCUT2D eigenvalue weighted by molar-refractivity contribution is 6.03. The van der Waals surface area contributed by atoms with Gasteiger partial charge in [-0.05, 0) is 25.1 Å². The van der Waals surface area contributed by atoms with Crippen LogP contribution in [0.1, 0.15) is 17.3 Å². The highest BCUT2D eigenvalue weighted by Crippen LogP contribution is 2.28. The molecule has 0 aliphatic rings. The lowest BCUT2D eigenvalue weighted by Crippen LogP contribution is -2.13. The molecular weight excluding hydrogens is 276 g/mol. The minimum absolute atomic E-state index is 0.148. The zero-order chi connectivity index (χ0) is 15.2. The van der Waals surface area contributed by atoms with E-state index in [1.54, 1.807) is 25.3 Å². The van der Waals surface area contributed by atoms with Crippen molar-refractivity contribution in [1.82, 2.24) is 15.2 Å². The largest absolute Gasteiger partial charge is 0.493 e. The third-order valence-corrected chi connectivity index (χ3v) is 2.61. The molecule has 1 aromatic heterocycles. The molecule has 0 radical (unpaired) electrons. The summed E-state index contributed by atoms with van der Waals surface area (Å²) in [7, 11) is 2.98. The van der Waals surface area contributed by atoms with Crippen molar-refractivity contribution < 1.29 is 19.0 Å². The minimum Gasteiger partial charge on any atom is -0.493 e. The number of aromatic amines is 1. The fraction of sp³-hybridized carbons (Fsp3) is 0.308. The van der Waals surface area contributed by atoms with Gasteiger partial charge in [-0.3, -0.25) is 10.1 Å². The molecule has 2 aromatic rings. The molecule has 0 saturated heterocycles. The van der Waals surface area contributed by atoms with Gasteiger partial charge in [-0.15, -0.1) is 5.10 Å². The number of hydrogen-bond donors (Lipinski definition) is 2. The molecule has 2 rings (SSSR count). The zero-order valence-electron chi connectivity index (χ0n) is 12.0. The molecule has 21 heavy (non-hydrogen) atoms. The van der Waals surface area contributed by atoms with Crippen LogP contribution in [-0.4, -0.2) is 41.9 Å². The Labute approximate surface area is 121 Å². The van der Waals surface area contributed by atoms with Gasteiger partial charge < -0.3 is 14.2 Å². The summed E-state index contributed by atoms with van der Waals surface area (Å²) in [5.41, 5.74) is 0.412. The molecule has 0 saturated carbocycles. The number of benzene rings is 1. The molecule has 0 aliphatic heterocycles. The Kier molecular flexibility index (Phi) is 4.60. The van der Waals surface area contributed by atoms with Crippen molar-refractivity contribution in [2.45, 2.75) is 6.92 Å². The van der Waals surface area contributed by atoms with E-state index in [1.807, 2.05) is 6.92 Å². The maximum Gasteiger partial charge on any atom is 0.336 e. The predicted molar refractivity (Wildman–Crippen MR) is 75.1 cm³/mol. The van der Waals surface area contributed by atoms with Crippen LogP contribution in [-0.2, 0) is 0 Å². The van der Waals surface area contributed by atoms with Gasteiger partial charge in [0, 0.05) is 5.56 Å². The van der Waals surface area contributed by atoms with Crippen molar-refractivity contribution in [3.8, 4) is 17.5 Å². The van der Waals surface area contributed by atoms with Crippen LogP contribution in [0, 0.1) is 0 Å². The van der Waals surface area contributed by atoms with Crippen molar-refractivity contribution in [3.63, 3.8) is 0 Å². The van der Waals surface area contributed by atoms with Crippen molar-refractivity contribution in [2.24, 2.45) is 0 Å². The van der Waals surface area contributed by atoms with Crippen molar-refractivity contribution in [1.29, 1.82) is 0 Å². The highest BCUT2D eigenvalue weighted by atomic mass is 16.5. The number of carbonyl (C=O) groups is 1. The van der Waals surface area contributed by atoms with E-state index in [1.165, 1.54) is 7.11 Å². The molecule has 0 atom stereocenters. The molecule has 1 amide bonds. The van der Waals surface area contributed by atoms with Crippen molar-refractivity contribution >= 4 is 11.9 Å². The first-order valence-corrected chi connectivity index (χ1v) is 6.26. The molecule has 112 valence electrons. The van der Waals surface area contributed by atoms with Gasteiger partial charge in [-0.2, -0.15) is 4.98 Å². The number of nitrogens with one attached hydrogen (secondary N) is 2. The summed E-state index contributed by atoms with van der Waals surface area (Å²) in [6.45, 7) is 2.33. The van der Waals surface area contributed by atoms with Crippen LogP contribution in [0.3, 0.4) is 0 Å². The van der Waals surface area contributed by atoms with E-state index < -0.39 is 0 Å². The van der Waals surface area contributed by atoms with Crippen LogP contribution >= 0.6 is 0 Å². The summed E-state index contributed by atoms with van der Waals surface area (Å²) >= 11 is 0. The average Bonchev–Trinajstić information content (AvgIpc) is 2.95. The molecule has 0 unspecified atom stereocenters. The second kappa shape index (κ2) is 6.60. The number of aromatic nitrogens is 3. The number of anilines is 1. The Morgan fingerprint density at radius 3 is 2.71 bits per heavy atom. The first kappa shape index (κ1) is 14.6. The number of hydrogen-bond acceptors (Lipinski definition) is 6. The van der Waals surface area contributed by atoms with Crippen LogP contribution < -0.4 is 19.5 Å². The standard InChI is InChI=1S/C13H16N4O4/c1-4-21-10-7-8(5-6-9(10)19-2)11(18)14-12-15-13(20-3)17-16-12/h5-7H,4H2,1-3H3,(H2,14,15,16,17,18). The Morgan fingerprint density at radius 1 is 1.29 bits per heavy atom. The van der Waals surface area contributed by atoms with Crippen LogP contribution in [0.25, 0.3) is 0 Å². The summed E-state index contributed by atoms with van der Waals surface area (Å²) < 4.78 is 15.4. The Bertz CT molecular complexity index is 626. The predicted octanol–water partition coefficient (Wildman–Crippen LogP) is 1.47. The molecule has 0 aliphatic carbocycles. The Hall–Kier alpha value is -2.77. The number of rotatable bonds is 6. The third kappa shape index (κ3) is 3.41. The van der Waals surface area contributed by atoms with Gasteiger partial charge in [0.05, 0.1) is 20.8 Å². The lowest BCUT2D eigenvalue weighted by Gasteiger charge is -2.10. The molecule has 0 fully saturated rings. The third-order valence-electron chi connectivity index (χ3n) is 2.61. The normalized spacial score (nSPS) is 10.0. The molecule has 8 nitrogen and oxygen atoms in total. The van der Waals surface area contributed by atoms with Gasteiger partial charge in [0.1, 0.15) is 0 Å². The topological polar surface area (TPSA) is 98.4 Å². The summed E-state index contributed by atoms with van der Waals surface area (Å²) in [6, 6.07) is 5.05. The fourth-order valence-corrected chi connectivity index (χ4v) is 1.66. The van der Waals surface area contributed by atoms with E-state index in [0.29, 0.717) is 23.7 Å². The van der Waals surface area contributed by atoms with E-state index in [0.717, 1.165) is 0 Å². The number of ether oxygens (including phenoxy) is 3.